The van der Waals surface area contributed by atoms with Crippen molar-refractivity contribution in [2.24, 2.45) is 5.92 Å². The van der Waals surface area contributed by atoms with Gasteiger partial charge in [-0.05, 0) is 37.0 Å². The summed E-state index contributed by atoms with van der Waals surface area (Å²) in [7, 11) is 1.66. The minimum atomic E-state index is -0.0894. The van der Waals surface area contributed by atoms with E-state index in [2.05, 4.69) is 20.7 Å². The van der Waals surface area contributed by atoms with Crippen molar-refractivity contribution in [3.05, 3.63) is 46.2 Å². The second-order valence-electron chi connectivity index (χ2n) is 6.05. The number of carbonyl (C=O) groups is 1. The summed E-state index contributed by atoms with van der Waals surface area (Å²) < 4.78 is 5.18. The molecular formula is C17H21ClN4O2. The van der Waals surface area contributed by atoms with Crippen molar-refractivity contribution in [3.63, 3.8) is 0 Å². The smallest absolute Gasteiger partial charge is 0.224 e. The molecule has 1 aliphatic rings. The first kappa shape index (κ1) is 16.9. The molecule has 1 aromatic carbocycles. The fourth-order valence-corrected chi connectivity index (χ4v) is 3.18. The van der Waals surface area contributed by atoms with Crippen LogP contribution in [0.5, 0.6) is 0 Å². The normalized spacial score (nSPS) is 18.0. The molecule has 1 amide bonds. The molecule has 2 N–H and O–H groups in total. The Bertz CT molecular complexity index is 686. The fourth-order valence-electron chi connectivity index (χ4n) is 3.05. The average molecular weight is 349 g/mol. The Morgan fingerprint density at radius 2 is 2.12 bits per heavy atom. The van der Waals surface area contributed by atoms with Crippen LogP contribution >= 0.6 is 11.6 Å². The number of aromatic nitrogens is 3. The van der Waals surface area contributed by atoms with Gasteiger partial charge in [-0.3, -0.25) is 4.79 Å². The Morgan fingerprint density at radius 1 is 1.38 bits per heavy atom. The Labute approximate surface area is 145 Å². The Hall–Kier alpha value is -1.92. The molecule has 128 valence electrons. The van der Waals surface area contributed by atoms with Gasteiger partial charge in [0.1, 0.15) is 0 Å². The van der Waals surface area contributed by atoms with Crippen LogP contribution in [0.25, 0.3) is 0 Å². The molecule has 0 fully saturated rings. The van der Waals surface area contributed by atoms with Crippen molar-refractivity contribution in [2.45, 2.75) is 31.7 Å². The fraction of sp³-hybridized carbons (Fsp3) is 0.471. The van der Waals surface area contributed by atoms with E-state index in [-0.39, 0.29) is 17.9 Å². The lowest BCUT2D eigenvalue weighted by Gasteiger charge is -2.24. The molecule has 6 nitrogen and oxygen atoms in total. The van der Waals surface area contributed by atoms with Crippen LogP contribution in [0, 0.1) is 5.92 Å². The summed E-state index contributed by atoms with van der Waals surface area (Å²) in [4.78, 5) is 12.7. The average Bonchev–Trinajstić information content (AvgIpc) is 3.07. The Kier molecular flexibility index (Phi) is 5.48. The van der Waals surface area contributed by atoms with E-state index in [1.165, 1.54) is 0 Å². The van der Waals surface area contributed by atoms with Crippen LogP contribution in [-0.2, 0) is 22.4 Å². The second kappa shape index (κ2) is 7.77. The lowest BCUT2D eigenvalue weighted by Crippen LogP contribution is -2.37. The summed E-state index contributed by atoms with van der Waals surface area (Å²) in [6.07, 6.45) is 2.93. The molecule has 2 atom stereocenters. The predicted octanol–water partition coefficient (Wildman–Crippen LogP) is 2.46. The molecule has 0 spiro atoms. The summed E-state index contributed by atoms with van der Waals surface area (Å²) in [6.45, 7) is 0.575. The molecule has 3 rings (SSSR count). The van der Waals surface area contributed by atoms with Gasteiger partial charge in [-0.2, -0.15) is 15.4 Å². The van der Waals surface area contributed by atoms with Crippen molar-refractivity contribution < 1.29 is 9.53 Å². The van der Waals surface area contributed by atoms with Crippen molar-refractivity contribution in [3.8, 4) is 0 Å². The lowest BCUT2D eigenvalue weighted by molar-refractivity contribution is -0.126. The highest BCUT2D eigenvalue weighted by Gasteiger charge is 2.28. The first-order valence-corrected chi connectivity index (χ1v) is 8.48. The quantitative estimate of drug-likeness (QED) is 0.840. The van der Waals surface area contributed by atoms with E-state index in [9.17, 15) is 4.79 Å². The van der Waals surface area contributed by atoms with Gasteiger partial charge in [-0.25, -0.2) is 0 Å². The number of halogens is 1. The summed E-state index contributed by atoms with van der Waals surface area (Å²) in [5, 5.41) is 14.7. The van der Waals surface area contributed by atoms with Crippen molar-refractivity contribution in [1.29, 1.82) is 0 Å². The van der Waals surface area contributed by atoms with Gasteiger partial charge in [0.2, 0.25) is 5.91 Å². The molecule has 1 aromatic heterocycles. The van der Waals surface area contributed by atoms with Crippen LogP contribution in [0.4, 0.5) is 0 Å². The summed E-state index contributed by atoms with van der Waals surface area (Å²) >= 11 is 5.96. The van der Waals surface area contributed by atoms with Gasteiger partial charge in [-0.1, -0.05) is 23.7 Å². The Balaban J connectivity index is 1.68. The molecule has 0 saturated carbocycles. The van der Waals surface area contributed by atoms with Gasteiger partial charge in [0.05, 0.1) is 17.4 Å². The number of aromatic amines is 1. The number of amides is 1. The number of methoxy groups -OCH3 is 1. The molecule has 0 radical (unpaired) electrons. The molecule has 1 aliphatic carbocycles. The molecule has 0 bridgehead atoms. The third-order valence-corrected chi connectivity index (χ3v) is 4.69. The van der Waals surface area contributed by atoms with Crippen LogP contribution in [-0.4, -0.2) is 35.0 Å². The highest BCUT2D eigenvalue weighted by molar-refractivity contribution is 6.30. The van der Waals surface area contributed by atoms with E-state index in [4.69, 9.17) is 16.3 Å². The predicted molar refractivity (Wildman–Crippen MR) is 90.7 cm³/mol. The number of fused-ring (bicyclic) bond motifs is 1. The maximum Gasteiger partial charge on any atom is 0.224 e. The third kappa shape index (κ3) is 3.94. The number of benzene rings is 1. The standard InChI is InChI=1S/C17H21ClN4O2/c1-24-9-8-14(11-2-5-13(18)6-3-11)19-17(23)12-4-7-15-16(10-12)21-22-20-15/h2-3,5-6,12,14H,4,7-10H2,1H3,(H,19,23)(H,20,21,22)/t12-,14+/m1/s1. The van der Waals surface area contributed by atoms with Crippen LogP contribution in [0.15, 0.2) is 24.3 Å². The van der Waals surface area contributed by atoms with Gasteiger partial charge >= 0.3 is 0 Å². The first-order valence-electron chi connectivity index (χ1n) is 8.10. The minimum Gasteiger partial charge on any atom is -0.385 e. The van der Waals surface area contributed by atoms with Crippen molar-refractivity contribution in [1.82, 2.24) is 20.7 Å². The second-order valence-corrected chi connectivity index (χ2v) is 6.49. The number of H-pyrrole nitrogens is 1. The van der Waals surface area contributed by atoms with Gasteiger partial charge < -0.3 is 10.1 Å². The van der Waals surface area contributed by atoms with Crippen LogP contribution in [0.1, 0.15) is 35.8 Å². The highest BCUT2D eigenvalue weighted by atomic mass is 35.5. The van der Waals surface area contributed by atoms with Crippen molar-refractivity contribution in [2.75, 3.05) is 13.7 Å². The lowest BCUT2D eigenvalue weighted by atomic mass is 9.88. The van der Waals surface area contributed by atoms with E-state index >= 15 is 0 Å². The number of ether oxygens (including phenoxy) is 1. The molecular weight excluding hydrogens is 328 g/mol. The first-order chi connectivity index (χ1) is 11.7. The Morgan fingerprint density at radius 3 is 2.88 bits per heavy atom. The molecule has 1 heterocycles. The summed E-state index contributed by atoms with van der Waals surface area (Å²) in [5.74, 6) is -0.0142. The molecule has 24 heavy (non-hydrogen) atoms. The SMILES string of the molecule is COCC[C@H](NC(=O)[C@@H]1CCc2n[nH]nc2C1)c1ccc(Cl)cc1. The van der Waals surface area contributed by atoms with Gasteiger partial charge in [0.15, 0.2) is 0 Å². The molecule has 2 aromatic rings. The van der Waals surface area contributed by atoms with E-state index in [0.29, 0.717) is 24.5 Å². The zero-order valence-electron chi connectivity index (χ0n) is 13.6. The number of rotatable bonds is 6. The van der Waals surface area contributed by atoms with Crippen LogP contribution in [0.2, 0.25) is 5.02 Å². The van der Waals surface area contributed by atoms with E-state index in [1.807, 2.05) is 24.3 Å². The van der Waals surface area contributed by atoms with Crippen LogP contribution in [0.3, 0.4) is 0 Å². The zero-order valence-corrected chi connectivity index (χ0v) is 14.3. The molecule has 0 saturated heterocycles. The largest absolute Gasteiger partial charge is 0.385 e. The minimum absolute atomic E-state index is 0.0553. The molecule has 0 unspecified atom stereocenters. The molecule has 0 aliphatic heterocycles. The number of hydrogen-bond acceptors (Lipinski definition) is 4. The third-order valence-electron chi connectivity index (χ3n) is 4.44. The highest BCUT2D eigenvalue weighted by Crippen LogP contribution is 2.25. The number of nitrogens with one attached hydrogen (secondary N) is 2. The number of carbonyl (C=O) groups excluding carboxylic acids is 1. The number of hydrogen-bond donors (Lipinski definition) is 2. The number of nitrogens with zero attached hydrogens (tertiary/aromatic N) is 2. The maximum atomic E-state index is 12.7. The van der Waals surface area contributed by atoms with Gasteiger partial charge in [0.25, 0.3) is 0 Å². The van der Waals surface area contributed by atoms with E-state index in [0.717, 1.165) is 29.8 Å². The van der Waals surface area contributed by atoms with Crippen LogP contribution < -0.4 is 5.32 Å². The van der Waals surface area contributed by atoms with Crippen molar-refractivity contribution >= 4 is 17.5 Å². The van der Waals surface area contributed by atoms with E-state index < -0.39 is 0 Å². The van der Waals surface area contributed by atoms with Gasteiger partial charge in [-0.15, -0.1) is 0 Å². The summed E-state index contributed by atoms with van der Waals surface area (Å²) in [6, 6.07) is 7.48. The topological polar surface area (TPSA) is 79.9 Å². The number of aryl methyl sites for hydroxylation is 1. The zero-order chi connectivity index (χ0) is 16.9. The van der Waals surface area contributed by atoms with E-state index in [1.54, 1.807) is 7.11 Å². The molecule has 7 heteroatoms. The monoisotopic (exact) mass is 348 g/mol. The maximum absolute atomic E-state index is 12.7. The van der Waals surface area contributed by atoms with Gasteiger partial charge in [0, 0.05) is 31.1 Å². The summed E-state index contributed by atoms with van der Waals surface area (Å²) in [5.41, 5.74) is 2.91.